The summed E-state index contributed by atoms with van der Waals surface area (Å²) in [5.74, 6) is 5.47. The summed E-state index contributed by atoms with van der Waals surface area (Å²) in [4.78, 5) is 10.6. The van der Waals surface area contributed by atoms with Gasteiger partial charge in [0.25, 0.3) is 0 Å². The second kappa shape index (κ2) is 13.8. The van der Waals surface area contributed by atoms with Crippen molar-refractivity contribution in [3.05, 3.63) is 0 Å². The Morgan fingerprint density at radius 3 is 2.36 bits per heavy atom. The van der Waals surface area contributed by atoms with E-state index >= 15 is 0 Å². The van der Waals surface area contributed by atoms with Gasteiger partial charge >= 0.3 is 0 Å². The lowest BCUT2D eigenvalue weighted by Gasteiger charge is -2.22. The fraction of sp³-hybridized carbons (Fsp3) is 0.842. The molecular formula is C19H32O3. The molecule has 1 heterocycles. The van der Waals surface area contributed by atoms with E-state index in [1.165, 1.54) is 58.3 Å². The molecule has 0 aromatic heterocycles. The molecule has 0 saturated carbocycles. The van der Waals surface area contributed by atoms with E-state index in [2.05, 4.69) is 11.8 Å². The van der Waals surface area contributed by atoms with Crippen LogP contribution in [0.25, 0.3) is 0 Å². The molecule has 1 aliphatic heterocycles. The maximum atomic E-state index is 10.6. The topological polar surface area (TPSA) is 35.5 Å². The van der Waals surface area contributed by atoms with E-state index in [4.69, 9.17) is 9.47 Å². The number of carbonyl (C=O) groups excluding carboxylic acids is 1. The molecule has 0 radical (unpaired) electrons. The van der Waals surface area contributed by atoms with Crippen LogP contribution in [0.4, 0.5) is 0 Å². The lowest BCUT2D eigenvalue weighted by molar-refractivity contribution is -0.162. The lowest BCUT2D eigenvalue weighted by atomic mass is 10.1. The van der Waals surface area contributed by atoms with Crippen molar-refractivity contribution >= 4 is 5.78 Å². The molecule has 0 aliphatic carbocycles. The van der Waals surface area contributed by atoms with Crippen LogP contribution in [0.5, 0.6) is 0 Å². The van der Waals surface area contributed by atoms with Crippen molar-refractivity contribution < 1.29 is 14.3 Å². The summed E-state index contributed by atoms with van der Waals surface area (Å²) in [6, 6.07) is 0. The molecular weight excluding hydrogens is 276 g/mol. The van der Waals surface area contributed by atoms with E-state index in [0.717, 1.165) is 38.9 Å². The summed E-state index contributed by atoms with van der Waals surface area (Å²) in [5, 5.41) is 0. The largest absolute Gasteiger partial charge is 0.353 e. The van der Waals surface area contributed by atoms with Crippen LogP contribution in [-0.4, -0.2) is 25.3 Å². The highest BCUT2D eigenvalue weighted by Gasteiger charge is 2.13. The van der Waals surface area contributed by atoms with Gasteiger partial charge in [0.1, 0.15) is 0 Å². The van der Waals surface area contributed by atoms with Gasteiger partial charge in [-0.15, -0.1) is 0 Å². The minimum Gasteiger partial charge on any atom is -0.353 e. The second-order valence-corrected chi connectivity index (χ2v) is 6.10. The molecule has 3 nitrogen and oxygen atoms in total. The van der Waals surface area contributed by atoms with Gasteiger partial charge in [-0.1, -0.05) is 44.4 Å². The monoisotopic (exact) mass is 308 g/mol. The number of rotatable bonds is 11. The average Bonchev–Trinajstić information content (AvgIpc) is 2.52. The Bertz CT molecular complexity index is 334. The first-order valence-corrected chi connectivity index (χ1v) is 9.01. The first-order valence-electron chi connectivity index (χ1n) is 9.01. The van der Waals surface area contributed by atoms with E-state index in [0.29, 0.717) is 0 Å². The highest BCUT2D eigenvalue weighted by molar-refractivity contribution is 5.93. The number of hydrogen-bond acceptors (Lipinski definition) is 3. The number of unbranched alkanes of at least 4 members (excludes halogenated alkanes) is 8. The molecule has 126 valence electrons. The molecule has 0 bridgehead atoms. The summed E-state index contributed by atoms with van der Waals surface area (Å²) >= 11 is 0. The van der Waals surface area contributed by atoms with Crippen LogP contribution in [-0.2, 0) is 14.3 Å². The van der Waals surface area contributed by atoms with E-state index in [1.807, 2.05) is 0 Å². The Hall–Kier alpha value is -0.850. The summed E-state index contributed by atoms with van der Waals surface area (Å²) in [7, 11) is 0. The average molecular weight is 308 g/mol. The van der Waals surface area contributed by atoms with Crippen molar-refractivity contribution in [1.29, 1.82) is 0 Å². The summed E-state index contributed by atoms with van der Waals surface area (Å²) in [6.45, 7) is 3.23. The van der Waals surface area contributed by atoms with Gasteiger partial charge in [0.05, 0.1) is 0 Å². The van der Waals surface area contributed by atoms with Gasteiger partial charge in [-0.3, -0.25) is 4.79 Å². The van der Waals surface area contributed by atoms with Crippen molar-refractivity contribution in [3.63, 3.8) is 0 Å². The number of hydrogen-bond donors (Lipinski definition) is 0. The molecule has 22 heavy (non-hydrogen) atoms. The van der Waals surface area contributed by atoms with Gasteiger partial charge in [-0.2, -0.15) is 0 Å². The van der Waals surface area contributed by atoms with Gasteiger partial charge in [-0.05, 0) is 38.0 Å². The number of Topliss-reactive ketones (excluding diaryl/α,β-unsaturated/α-hetero) is 1. The van der Waals surface area contributed by atoms with Crippen LogP contribution in [0.2, 0.25) is 0 Å². The Balaban J connectivity index is 1.74. The van der Waals surface area contributed by atoms with Gasteiger partial charge in [-0.25, -0.2) is 0 Å². The molecule has 3 heteroatoms. The fourth-order valence-electron chi connectivity index (χ4n) is 2.62. The molecule has 1 rings (SSSR count). The van der Waals surface area contributed by atoms with Crippen LogP contribution >= 0.6 is 0 Å². The fourth-order valence-corrected chi connectivity index (χ4v) is 2.62. The summed E-state index contributed by atoms with van der Waals surface area (Å²) in [5.41, 5.74) is 0. The third-order valence-electron chi connectivity index (χ3n) is 3.90. The van der Waals surface area contributed by atoms with Crippen LogP contribution in [0.1, 0.15) is 84.0 Å². The minimum atomic E-state index is -0.0287. The molecule has 1 unspecified atom stereocenters. The first-order chi connectivity index (χ1) is 10.8. The number of carbonyl (C=O) groups is 1. The molecule has 1 fully saturated rings. The Kier molecular flexibility index (Phi) is 12.0. The molecule has 0 aromatic rings. The van der Waals surface area contributed by atoms with E-state index < -0.39 is 0 Å². The third-order valence-corrected chi connectivity index (χ3v) is 3.90. The highest BCUT2D eigenvalue weighted by Crippen LogP contribution is 2.14. The van der Waals surface area contributed by atoms with E-state index in [9.17, 15) is 4.79 Å². The number of ketones is 1. The minimum absolute atomic E-state index is 0.0287. The third kappa shape index (κ3) is 11.8. The van der Waals surface area contributed by atoms with E-state index in [1.54, 1.807) is 0 Å². The van der Waals surface area contributed by atoms with Crippen molar-refractivity contribution in [2.24, 2.45) is 0 Å². The standard InChI is InChI=1S/C19H32O3/c1-18(20)14-10-8-6-4-2-3-5-7-9-12-16-21-19-15-11-13-17-22-19/h19H,2-9,11-13,15-17H2,1H3. The first kappa shape index (κ1) is 19.2. The maximum Gasteiger partial charge on any atom is 0.202 e. The molecule has 0 spiro atoms. The molecule has 0 N–H and O–H groups in total. The van der Waals surface area contributed by atoms with Crippen molar-refractivity contribution in [1.82, 2.24) is 0 Å². The van der Waals surface area contributed by atoms with Gasteiger partial charge in [0.15, 0.2) is 6.29 Å². The predicted molar refractivity (Wildman–Crippen MR) is 89.6 cm³/mol. The van der Waals surface area contributed by atoms with Crippen LogP contribution in [0.15, 0.2) is 0 Å². The Morgan fingerprint density at radius 1 is 1.05 bits per heavy atom. The maximum absolute atomic E-state index is 10.6. The predicted octanol–water partition coefficient (Wildman–Crippen LogP) is 4.63. The van der Waals surface area contributed by atoms with Gasteiger partial charge < -0.3 is 9.47 Å². The molecule has 0 aromatic carbocycles. The van der Waals surface area contributed by atoms with Gasteiger partial charge in [0.2, 0.25) is 5.78 Å². The lowest BCUT2D eigenvalue weighted by Crippen LogP contribution is -2.22. The van der Waals surface area contributed by atoms with Crippen LogP contribution in [0, 0.1) is 11.8 Å². The molecule has 1 atom stereocenters. The van der Waals surface area contributed by atoms with Crippen molar-refractivity contribution in [2.45, 2.75) is 90.3 Å². The van der Waals surface area contributed by atoms with Crippen molar-refractivity contribution in [2.75, 3.05) is 13.2 Å². The number of ether oxygens (including phenoxy) is 2. The Morgan fingerprint density at radius 2 is 1.73 bits per heavy atom. The van der Waals surface area contributed by atoms with Crippen molar-refractivity contribution in [3.8, 4) is 11.8 Å². The summed E-state index contributed by atoms with van der Waals surface area (Å²) < 4.78 is 11.3. The Labute approximate surface area is 136 Å². The molecule has 0 amide bonds. The zero-order valence-electron chi connectivity index (χ0n) is 14.2. The second-order valence-electron chi connectivity index (χ2n) is 6.10. The van der Waals surface area contributed by atoms with E-state index in [-0.39, 0.29) is 12.1 Å². The van der Waals surface area contributed by atoms with Crippen LogP contribution < -0.4 is 0 Å². The normalized spacial score (nSPS) is 17.8. The molecule has 1 saturated heterocycles. The summed E-state index contributed by atoms with van der Waals surface area (Å²) in [6.07, 6.45) is 14.4. The zero-order valence-corrected chi connectivity index (χ0v) is 14.2. The van der Waals surface area contributed by atoms with Crippen LogP contribution in [0.3, 0.4) is 0 Å². The SMILES string of the molecule is CC(=O)C#CCCCCCCCCCCOC1CCCCO1. The quantitative estimate of drug-likeness (QED) is 0.317. The zero-order chi connectivity index (χ0) is 15.9. The highest BCUT2D eigenvalue weighted by atomic mass is 16.7. The smallest absolute Gasteiger partial charge is 0.202 e. The molecule has 1 aliphatic rings. The van der Waals surface area contributed by atoms with Gasteiger partial charge in [0, 0.05) is 26.6 Å².